The third-order valence-electron chi connectivity index (χ3n) is 5.05. The molecular weight excluding hydrogens is 418 g/mol. The number of anilines is 1. The maximum atomic E-state index is 6.55. The Balaban J connectivity index is 1.60. The summed E-state index contributed by atoms with van der Waals surface area (Å²) in [5.74, 6) is 0.815. The van der Waals surface area contributed by atoms with E-state index in [1.165, 1.54) is 0 Å². The number of halogens is 1. The zero-order valence-electron chi connectivity index (χ0n) is 15.8. The zero-order valence-corrected chi connectivity index (χ0v) is 17.4. The van der Waals surface area contributed by atoms with Crippen LogP contribution in [0.25, 0.3) is 10.9 Å². The van der Waals surface area contributed by atoms with Crippen molar-refractivity contribution in [3.05, 3.63) is 64.9 Å². The van der Waals surface area contributed by atoms with E-state index in [0.29, 0.717) is 0 Å². The minimum atomic E-state index is -0.0820. The van der Waals surface area contributed by atoms with Crippen LogP contribution in [0.3, 0.4) is 0 Å². The molecule has 4 rings (SSSR count). The fourth-order valence-corrected chi connectivity index (χ4v) is 3.94. The number of aromatic nitrogens is 2. The Hall–Kier alpha value is -2.02. The molecule has 0 aliphatic carbocycles. The van der Waals surface area contributed by atoms with Crippen molar-refractivity contribution in [1.82, 2.24) is 9.97 Å². The van der Waals surface area contributed by atoms with Gasteiger partial charge in [-0.25, -0.2) is 9.97 Å². The number of benzene rings is 2. The summed E-state index contributed by atoms with van der Waals surface area (Å²) < 4.78 is 13.0. The van der Waals surface area contributed by atoms with Crippen molar-refractivity contribution in [2.45, 2.75) is 38.0 Å². The van der Waals surface area contributed by atoms with E-state index in [1.54, 1.807) is 6.33 Å². The molecule has 28 heavy (non-hydrogen) atoms. The molecule has 0 saturated carbocycles. The molecule has 0 radical (unpaired) electrons. The van der Waals surface area contributed by atoms with Crippen molar-refractivity contribution in [2.24, 2.45) is 0 Å². The van der Waals surface area contributed by atoms with Crippen molar-refractivity contribution in [3.8, 4) is 0 Å². The SMILES string of the molecule is CC(Nc1ncnc2ccc(Br)cc12)C(OC1CCOCC1)c1ccccc1. The number of hydrogen-bond donors (Lipinski definition) is 1. The lowest BCUT2D eigenvalue weighted by atomic mass is 10.0. The fraction of sp³-hybridized carbons (Fsp3) is 0.364. The van der Waals surface area contributed by atoms with Gasteiger partial charge in [-0.2, -0.15) is 0 Å². The summed E-state index contributed by atoms with van der Waals surface area (Å²) in [6, 6.07) is 16.4. The maximum Gasteiger partial charge on any atom is 0.137 e. The summed E-state index contributed by atoms with van der Waals surface area (Å²) >= 11 is 3.54. The number of rotatable bonds is 6. The zero-order chi connectivity index (χ0) is 19.3. The van der Waals surface area contributed by atoms with Crippen LogP contribution in [0.2, 0.25) is 0 Å². The van der Waals surface area contributed by atoms with Gasteiger partial charge in [-0.1, -0.05) is 46.3 Å². The van der Waals surface area contributed by atoms with Crippen LogP contribution in [0, 0.1) is 0 Å². The number of nitrogens with zero attached hydrogens (tertiary/aromatic N) is 2. The van der Waals surface area contributed by atoms with Crippen molar-refractivity contribution < 1.29 is 9.47 Å². The lowest BCUT2D eigenvalue weighted by molar-refractivity contribution is -0.0738. The molecule has 1 fully saturated rings. The monoisotopic (exact) mass is 441 g/mol. The molecule has 5 nitrogen and oxygen atoms in total. The predicted molar refractivity (Wildman–Crippen MR) is 114 cm³/mol. The molecule has 2 atom stereocenters. The predicted octanol–water partition coefficient (Wildman–Crippen LogP) is 5.13. The quantitative estimate of drug-likeness (QED) is 0.574. The van der Waals surface area contributed by atoms with E-state index in [0.717, 1.165) is 52.8 Å². The first kappa shape index (κ1) is 19.3. The Morgan fingerprint density at radius 1 is 1.11 bits per heavy atom. The largest absolute Gasteiger partial charge is 0.381 e. The lowest BCUT2D eigenvalue weighted by Gasteiger charge is -2.32. The Morgan fingerprint density at radius 2 is 1.89 bits per heavy atom. The van der Waals surface area contributed by atoms with E-state index in [-0.39, 0.29) is 18.2 Å². The van der Waals surface area contributed by atoms with Gasteiger partial charge in [-0.15, -0.1) is 0 Å². The van der Waals surface area contributed by atoms with Crippen molar-refractivity contribution >= 4 is 32.7 Å². The molecule has 1 aromatic heterocycles. The minimum absolute atomic E-state index is 0.0299. The molecule has 2 aromatic carbocycles. The minimum Gasteiger partial charge on any atom is -0.381 e. The Labute approximate surface area is 173 Å². The van der Waals surface area contributed by atoms with Gasteiger partial charge in [0.05, 0.1) is 17.7 Å². The maximum absolute atomic E-state index is 6.55. The van der Waals surface area contributed by atoms with Gasteiger partial charge in [-0.3, -0.25) is 0 Å². The molecule has 3 aromatic rings. The van der Waals surface area contributed by atoms with Crippen LogP contribution in [0.4, 0.5) is 5.82 Å². The van der Waals surface area contributed by atoms with Crippen LogP contribution in [0.15, 0.2) is 59.3 Å². The second kappa shape index (κ2) is 8.99. The van der Waals surface area contributed by atoms with Crippen LogP contribution < -0.4 is 5.32 Å². The first-order valence-corrected chi connectivity index (χ1v) is 10.4. The molecule has 0 amide bonds. The van der Waals surface area contributed by atoms with Crippen molar-refractivity contribution in [1.29, 1.82) is 0 Å². The third kappa shape index (κ3) is 4.51. The van der Waals surface area contributed by atoms with Gasteiger partial charge in [0.1, 0.15) is 18.2 Å². The molecule has 146 valence electrons. The van der Waals surface area contributed by atoms with Gasteiger partial charge in [0.25, 0.3) is 0 Å². The molecule has 1 saturated heterocycles. The van der Waals surface area contributed by atoms with Gasteiger partial charge >= 0.3 is 0 Å². The molecule has 0 bridgehead atoms. The number of nitrogens with one attached hydrogen (secondary N) is 1. The van der Waals surface area contributed by atoms with Crippen LogP contribution in [-0.4, -0.2) is 35.3 Å². The molecule has 6 heteroatoms. The summed E-state index contributed by atoms with van der Waals surface area (Å²) in [7, 11) is 0. The molecule has 1 N–H and O–H groups in total. The fourth-order valence-electron chi connectivity index (χ4n) is 3.58. The van der Waals surface area contributed by atoms with E-state index < -0.39 is 0 Å². The number of hydrogen-bond acceptors (Lipinski definition) is 5. The van der Waals surface area contributed by atoms with Gasteiger partial charge < -0.3 is 14.8 Å². The van der Waals surface area contributed by atoms with Crippen molar-refractivity contribution in [3.63, 3.8) is 0 Å². The van der Waals surface area contributed by atoms with Gasteiger partial charge in [0.15, 0.2) is 0 Å². The van der Waals surface area contributed by atoms with E-state index in [4.69, 9.17) is 9.47 Å². The van der Waals surface area contributed by atoms with E-state index >= 15 is 0 Å². The highest BCUT2D eigenvalue weighted by atomic mass is 79.9. The molecule has 0 spiro atoms. The second-order valence-electron chi connectivity index (χ2n) is 7.10. The summed E-state index contributed by atoms with van der Waals surface area (Å²) in [4.78, 5) is 8.86. The van der Waals surface area contributed by atoms with Gasteiger partial charge in [0, 0.05) is 23.1 Å². The first-order chi connectivity index (χ1) is 13.7. The highest BCUT2D eigenvalue weighted by molar-refractivity contribution is 9.10. The third-order valence-corrected chi connectivity index (χ3v) is 5.54. The summed E-state index contributed by atoms with van der Waals surface area (Å²) in [5, 5.41) is 4.56. The van der Waals surface area contributed by atoms with Crippen LogP contribution in [0.5, 0.6) is 0 Å². The Bertz CT molecular complexity index is 916. The van der Waals surface area contributed by atoms with Crippen LogP contribution >= 0.6 is 15.9 Å². The molecule has 2 unspecified atom stereocenters. The highest BCUT2D eigenvalue weighted by Gasteiger charge is 2.26. The molecule has 2 heterocycles. The van der Waals surface area contributed by atoms with E-state index in [1.807, 2.05) is 24.3 Å². The second-order valence-corrected chi connectivity index (χ2v) is 8.01. The summed E-state index contributed by atoms with van der Waals surface area (Å²) in [6.45, 7) is 3.67. The number of ether oxygens (including phenoxy) is 2. The Morgan fingerprint density at radius 3 is 2.68 bits per heavy atom. The normalized spacial score (nSPS) is 17.4. The van der Waals surface area contributed by atoms with E-state index in [2.05, 4.69) is 62.4 Å². The van der Waals surface area contributed by atoms with E-state index in [9.17, 15) is 0 Å². The van der Waals surface area contributed by atoms with Gasteiger partial charge in [-0.05, 0) is 43.5 Å². The molecule has 1 aliphatic rings. The number of fused-ring (bicyclic) bond motifs is 1. The Kier molecular flexibility index (Phi) is 6.20. The molecule has 1 aliphatic heterocycles. The topological polar surface area (TPSA) is 56.3 Å². The molecular formula is C22H24BrN3O2. The van der Waals surface area contributed by atoms with Crippen molar-refractivity contribution in [2.75, 3.05) is 18.5 Å². The van der Waals surface area contributed by atoms with Crippen LogP contribution in [0.1, 0.15) is 31.4 Å². The summed E-state index contributed by atoms with van der Waals surface area (Å²) in [5.41, 5.74) is 2.07. The average molecular weight is 442 g/mol. The highest BCUT2D eigenvalue weighted by Crippen LogP contribution is 2.30. The van der Waals surface area contributed by atoms with Gasteiger partial charge in [0.2, 0.25) is 0 Å². The standard InChI is InChI=1S/C22H24BrN3O2/c1-15(26-22-19-13-17(23)7-8-20(19)24-14-25-22)21(16-5-3-2-4-6-16)28-18-9-11-27-12-10-18/h2-8,13-15,18,21H,9-12H2,1H3,(H,24,25,26). The average Bonchev–Trinajstić information content (AvgIpc) is 2.74. The smallest absolute Gasteiger partial charge is 0.137 e. The van der Waals surface area contributed by atoms with Crippen LogP contribution in [-0.2, 0) is 9.47 Å². The summed E-state index contributed by atoms with van der Waals surface area (Å²) in [6.07, 6.45) is 3.59. The lowest BCUT2D eigenvalue weighted by Crippen LogP contribution is -2.33. The first-order valence-electron chi connectivity index (χ1n) is 9.65.